The average molecular weight is 352 g/mol. The third-order valence-electron chi connectivity index (χ3n) is 3.06. The van der Waals surface area contributed by atoms with Gasteiger partial charge in [0.15, 0.2) is 5.11 Å². The minimum Gasteiger partial charge on any atom is -0.362 e. The van der Waals surface area contributed by atoms with Crippen LogP contribution in [0.3, 0.4) is 0 Å². The summed E-state index contributed by atoms with van der Waals surface area (Å²) in [5.74, 6) is 0.542. The lowest BCUT2D eigenvalue weighted by Gasteiger charge is -2.11. The quantitative estimate of drug-likeness (QED) is 0.591. The van der Waals surface area contributed by atoms with Gasteiger partial charge in [0.1, 0.15) is 11.6 Å². The number of hydrogen-bond acceptors (Lipinski definition) is 2. The summed E-state index contributed by atoms with van der Waals surface area (Å²) in [5, 5.41) is 6.06. The van der Waals surface area contributed by atoms with Crippen LogP contribution >= 0.6 is 24.0 Å². The lowest BCUT2D eigenvalue weighted by Crippen LogP contribution is -2.30. The second-order valence-corrected chi connectivity index (χ2v) is 6.56. The molecule has 0 aliphatic rings. The molecule has 0 saturated heterocycles. The van der Waals surface area contributed by atoms with E-state index < -0.39 is 11.6 Å². The molecule has 122 valence electrons. The SMILES string of the molecule is Cc1cccc(CSCCNC(=S)Nc2ccc(F)cc2F)c1. The predicted molar refractivity (Wildman–Crippen MR) is 97.9 cm³/mol. The fourth-order valence-corrected chi connectivity index (χ4v) is 3.00. The Labute approximate surface area is 144 Å². The fraction of sp³-hybridized carbons (Fsp3) is 0.235. The van der Waals surface area contributed by atoms with Gasteiger partial charge in [-0.25, -0.2) is 8.78 Å². The zero-order valence-corrected chi connectivity index (χ0v) is 14.4. The highest BCUT2D eigenvalue weighted by atomic mass is 32.2. The van der Waals surface area contributed by atoms with Crippen molar-refractivity contribution in [3.8, 4) is 0 Å². The van der Waals surface area contributed by atoms with Crippen LogP contribution in [0.15, 0.2) is 42.5 Å². The number of benzene rings is 2. The van der Waals surface area contributed by atoms with Crippen molar-refractivity contribution in [1.29, 1.82) is 0 Å². The molecule has 0 amide bonds. The van der Waals surface area contributed by atoms with Crippen molar-refractivity contribution in [2.24, 2.45) is 0 Å². The van der Waals surface area contributed by atoms with Gasteiger partial charge in [-0.1, -0.05) is 29.8 Å². The van der Waals surface area contributed by atoms with Gasteiger partial charge >= 0.3 is 0 Å². The first kappa shape index (κ1) is 17.7. The zero-order chi connectivity index (χ0) is 16.7. The first-order valence-electron chi connectivity index (χ1n) is 7.18. The van der Waals surface area contributed by atoms with Crippen molar-refractivity contribution >= 4 is 34.8 Å². The number of nitrogens with one attached hydrogen (secondary N) is 2. The van der Waals surface area contributed by atoms with E-state index in [0.717, 1.165) is 17.6 Å². The van der Waals surface area contributed by atoms with Gasteiger partial charge in [0.05, 0.1) is 5.69 Å². The van der Waals surface area contributed by atoms with E-state index in [1.807, 2.05) is 0 Å². The molecule has 0 saturated carbocycles. The number of aryl methyl sites for hydroxylation is 1. The molecular formula is C17H18F2N2S2. The van der Waals surface area contributed by atoms with Crippen LogP contribution in [-0.2, 0) is 5.75 Å². The largest absolute Gasteiger partial charge is 0.362 e. The maximum atomic E-state index is 13.5. The van der Waals surface area contributed by atoms with Crippen molar-refractivity contribution in [3.05, 3.63) is 65.2 Å². The van der Waals surface area contributed by atoms with E-state index in [-0.39, 0.29) is 5.69 Å². The fourth-order valence-electron chi connectivity index (χ4n) is 1.99. The second-order valence-electron chi connectivity index (χ2n) is 5.05. The highest BCUT2D eigenvalue weighted by Gasteiger charge is 2.05. The molecule has 0 fully saturated rings. The molecular weight excluding hydrogens is 334 g/mol. The molecule has 2 rings (SSSR count). The van der Waals surface area contributed by atoms with E-state index >= 15 is 0 Å². The van der Waals surface area contributed by atoms with Gasteiger partial charge in [-0.2, -0.15) is 11.8 Å². The van der Waals surface area contributed by atoms with E-state index in [9.17, 15) is 8.78 Å². The molecule has 0 atom stereocenters. The van der Waals surface area contributed by atoms with E-state index in [0.29, 0.717) is 11.7 Å². The van der Waals surface area contributed by atoms with Crippen molar-refractivity contribution in [3.63, 3.8) is 0 Å². The van der Waals surface area contributed by atoms with Gasteiger partial charge < -0.3 is 10.6 Å². The molecule has 2 nitrogen and oxygen atoms in total. The lowest BCUT2D eigenvalue weighted by molar-refractivity contribution is 0.586. The molecule has 0 spiro atoms. The van der Waals surface area contributed by atoms with Crippen LogP contribution in [0.1, 0.15) is 11.1 Å². The van der Waals surface area contributed by atoms with Crippen LogP contribution in [0.25, 0.3) is 0 Å². The van der Waals surface area contributed by atoms with Crippen molar-refractivity contribution in [2.75, 3.05) is 17.6 Å². The van der Waals surface area contributed by atoms with E-state index in [4.69, 9.17) is 12.2 Å². The second kappa shape index (κ2) is 8.84. The van der Waals surface area contributed by atoms with Gasteiger partial charge in [0.2, 0.25) is 0 Å². The van der Waals surface area contributed by atoms with Crippen molar-refractivity contribution in [1.82, 2.24) is 5.32 Å². The normalized spacial score (nSPS) is 10.4. The zero-order valence-electron chi connectivity index (χ0n) is 12.7. The van der Waals surface area contributed by atoms with Crippen LogP contribution < -0.4 is 10.6 Å². The van der Waals surface area contributed by atoms with Crippen LogP contribution in [0.5, 0.6) is 0 Å². The highest BCUT2D eigenvalue weighted by molar-refractivity contribution is 7.98. The first-order valence-corrected chi connectivity index (χ1v) is 8.74. The van der Waals surface area contributed by atoms with Gasteiger partial charge in [-0.15, -0.1) is 0 Å². The smallest absolute Gasteiger partial charge is 0.170 e. The minimum absolute atomic E-state index is 0.163. The molecule has 0 heterocycles. The van der Waals surface area contributed by atoms with Crippen molar-refractivity contribution in [2.45, 2.75) is 12.7 Å². The van der Waals surface area contributed by atoms with Crippen LogP contribution in [-0.4, -0.2) is 17.4 Å². The summed E-state index contributed by atoms with van der Waals surface area (Å²) < 4.78 is 26.3. The summed E-state index contributed by atoms with van der Waals surface area (Å²) in [6, 6.07) is 11.7. The molecule has 0 aliphatic carbocycles. The standard InChI is InChI=1S/C17H18F2N2S2/c1-12-3-2-4-13(9-12)11-23-8-7-20-17(22)21-16-6-5-14(18)10-15(16)19/h2-6,9-10H,7-8,11H2,1H3,(H2,20,21,22). The van der Waals surface area contributed by atoms with E-state index in [1.165, 1.54) is 23.3 Å². The maximum absolute atomic E-state index is 13.5. The number of rotatable bonds is 6. The lowest BCUT2D eigenvalue weighted by atomic mass is 10.2. The van der Waals surface area contributed by atoms with Crippen LogP contribution in [0.4, 0.5) is 14.5 Å². The number of hydrogen-bond donors (Lipinski definition) is 2. The van der Waals surface area contributed by atoms with Gasteiger partial charge in [0.25, 0.3) is 0 Å². The third kappa shape index (κ3) is 6.15. The predicted octanol–water partition coefficient (Wildman–Crippen LogP) is 4.49. The number of thioether (sulfide) groups is 1. The van der Waals surface area contributed by atoms with Gasteiger partial charge in [-0.05, 0) is 36.8 Å². The topological polar surface area (TPSA) is 24.1 Å². The maximum Gasteiger partial charge on any atom is 0.170 e. The molecule has 0 aliphatic heterocycles. The summed E-state index contributed by atoms with van der Waals surface area (Å²) in [7, 11) is 0. The molecule has 0 aromatic heterocycles. The third-order valence-corrected chi connectivity index (χ3v) is 4.34. The summed E-state index contributed by atoms with van der Waals surface area (Å²) >= 11 is 6.89. The summed E-state index contributed by atoms with van der Waals surface area (Å²) in [6.07, 6.45) is 0. The van der Waals surface area contributed by atoms with E-state index in [1.54, 1.807) is 11.8 Å². The monoisotopic (exact) mass is 352 g/mol. The molecule has 2 aromatic carbocycles. The Kier molecular flexibility index (Phi) is 6.80. The average Bonchev–Trinajstić information content (AvgIpc) is 2.50. The summed E-state index contributed by atoms with van der Waals surface area (Å²) in [5.41, 5.74) is 2.72. The highest BCUT2D eigenvalue weighted by Crippen LogP contribution is 2.15. The summed E-state index contributed by atoms with van der Waals surface area (Å²) in [4.78, 5) is 0. The number of halogens is 2. The Morgan fingerprint density at radius 1 is 1.17 bits per heavy atom. The molecule has 6 heteroatoms. The Balaban J connectivity index is 1.67. The Bertz CT molecular complexity index is 677. The number of anilines is 1. The Morgan fingerprint density at radius 3 is 2.74 bits per heavy atom. The molecule has 0 bridgehead atoms. The van der Waals surface area contributed by atoms with E-state index in [2.05, 4.69) is 41.8 Å². The molecule has 0 unspecified atom stereocenters. The molecule has 2 N–H and O–H groups in total. The molecule has 0 radical (unpaired) electrons. The van der Waals surface area contributed by atoms with Gasteiger partial charge in [0, 0.05) is 24.1 Å². The van der Waals surface area contributed by atoms with Crippen molar-refractivity contribution < 1.29 is 8.78 Å². The summed E-state index contributed by atoms with van der Waals surface area (Å²) in [6.45, 7) is 2.75. The van der Waals surface area contributed by atoms with Crippen LogP contribution in [0.2, 0.25) is 0 Å². The molecule has 2 aromatic rings. The first-order chi connectivity index (χ1) is 11.0. The molecule has 23 heavy (non-hydrogen) atoms. The number of thiocarbonyl (C=S) groups is 1. The minimum atomic E-state index is -0.664. The van der Waals surface area contributed by atoms with Crippen LogP contribution in [0, 0.1) is 18.6 Å². The Morgan fingerprint density at radius 2 is 2.00 bits per heavy atom. The Hall–Kier alpha value is -1.66. The van der Waals surface area contributed by atoms with Gasteiger partial charge in [-0.3, -0.25) is 0 Å².